The van der Waals surface area contributed by atoms with Gasteiger partial charge < -0.3 is 25.6 Å². The Kier molecular flexibility index (Phi) is 11.5. The summed E-state index contributed by atoms with van der Waals surface area (Å²) in [5, 5.41) is 13.6. The predicted octanol–water partition coefficient (Wildman–Crippen LogP) is 3.98. The number of amides is 4. The molecular formula is C36H41N7O5S2. The summed E-state index contributed by atoms with van der Waals surface area (Å²) in [4.78, 5) is 66.9. The fraction of sp³-hybridized carbons (Fsp3) is 0.389. The van der Waals surface area contributed by atoms with Gasteiger partial charge in [0, 0.05) is 42.5 Å². The molecule has 4 bridgehead atoms. The largest absolute Gasteiger partial charge is 0.492 e. The molecule has 0 fully saturated rings. The highest BCUT2D eigenvalue weighted by Crippen LogP contribution is 2.28. The van der Waals surface area contributed by atoms with Gasteiger partial charge in [-0.3, -0.25) is 24.1 Å². The molecule has 0 radical (unpaired) electrons. The number of carbonyl (C=O) groups is 4. The van der Waals surface area contributed by atoms with Crippen LogP contribution in [0.2, 0.25) is 0 Å². The highest BCUT2D eigenvalue weighted by Gasteiger charge is 2.28. The van der Waals surface area contributed by atoms with Crippen LogP contribution in [0.5, 0.6) is 5.75 Å². The summed E-state index contributed by atoms with van der Waals surface area (Å²) >= 11 is 2.62. The van der Waals surface area contributed by atoms with Crippen molar-refractivity contribution in [1.29, 1.82) is 0 Å². The van der Waals surface area contributed by atoms with Crippen molar-refractivity contribution in [3.05, 3.63) is 97.9 Å². The van der Waals surface area contributed by atoms with E-state index < -0.39 is 12.1 Å². The Morgan fingerprint density at radius 2 is 1.62 bits per heavy atom. The number of aromatic nitrogens is 2. The number of rotatable bonds is 5. The number of fused-ring (bicyclic) bond motifs is 5. The topological polar surface area (TPSA) is 146 Å². The second-order valence-corrected chi connectivity index (χ2v) is 14.5. The fourth-order valence-corrected chi connectivity index (χ4v) is 7.81. The van der Waals surface area contributed by atoms with Crippen molar-refractivity contribution in [3.8, 4) is 5.75 Å². The molecule has 2 aliphatic heterocycles. The molecule has 2 atom stereocenters. The first-order chi connectivity index (χ1) is 24.2. The normalized spacial score (nSPS) is 19.5. The molecule has 50 heavy (non-hydrogen) atoms. The molecular weight excluding hydrogens is 675 g/mol. The lowest BCUT2D eigenvalue weighted by atomic mass is 10.0. The third kappa shape index (κ3) is 8.92. The van der Waals surface area contributed by atoms with Crippen LogP contribution in [-0.4, -0.2) is 82.7 Å². The van der Waals surface area contributed by atoms with E-state index in [0.717, 1.165) is 16.9 Å². The second-order valence-electron chi connectivity index (χ2n) is 12.7. The van der Waals surface area contributed by atoms with E-state index in [1.165, 1.54) is 22.7 Å². The number of hydrogen-bond donors (Lipinski definition) is 3. The van der Waals surface area contributed by atoms with Crippen molar-refractivity contribution in [1.82, 2.24) is 35.7 Å². The van der Waals surface area contributed by atoms with Crippen molar-refractivity contribution in [2.75, 3.05) is 39.3 Å². The van der Waals surface area contributed by atoms with Crippen molar-refractivity contribution < 1.29 is 23.9 Å². The van der Waals surface area contributed by atoms with Crippen LogP contribution in [-0.2, 0) is 22.6 Å². The van der Waals surface area contributed by atoms with E-state index in [1.54, 1.807) is 15.7 Å². The minimum Gasteiger partial charge on any atom is -0.492 e. The molecule has 0 aliphatic carbocycles. The van der Waals surface area contributed by atoms with Gasteiger partial charge >= 0.3 is 0 Å². The third-order valence-electron chi connectivity index (χ3n) is 8.61. The molecule has 0 spiro atoms. The average Bonchev–Trinajstić information content (AvgIpc) is 3.75. The smallest absolute Gasteiger partial charge is 0.271 e. The minimum atomic E-state index is -0.531. The first-order valence-corrected chi connectivity index (χ1v) is 18.5. The lowest BCUT2D eigenvalue weighted by molar-refractivity contribution is -0.137. The Morgan fingerprint density at radius 3 is 2.42 bits per heavy atom. The molecule has 4 amide bonds. The number of carbonyl (C=O) groups excluding carboxylic acids is 4. The summed E-state index contributed by atoms with van der Waals surface area (Å²) in [5.41, 5.74) is 2.48. The Morgan fingerprint density at radius 1 is 0.900 bits per heavy atom. The molecule has 0 saturated heterocycles. The van der Waals surface area contributed by atoms with Crippen LogP contribution in [0.3, 0.4) is 0 Å². The van der Waals surface area contributed by atoms with Crippen LogP contribution in [0.4, 0.5) is 0 Å². The van der Waals surface area contributed by atoms with Gasteiger partial charge in [-0.05, 0) is 30.4 Å². The van der Waals surface area contributed by atoms with Gasteiger partial charge in [-0.1, -0.05) is 62.4 Å². The molecule has 0 saturated carbocycles. The number of ether oxygens (including phenoxy) is 1. The predicted molar refractivity (Wildman–Crippen MR) is 191 cm³/mol. The van der Waals surface area contributed by atoms with E-state index in [9.17, 15) is 19.2 Å². The molecule has 2 aliphatic rings. The maximum atomic E-state index is 13.9. The van der Waals surface area contributed by atoms with E-state index in [1.807, 2.05) is 73.3 Å². The maximum absolute atomic E-state index is 13.9. The van der Waals surface area contributed by atoms with Crippen LogP contribution in [0.1, 0.15) is 74.5 Å². The molecule has 3 N–H and O–H groups in total. The number of thiazole rings is 2. The Bertz CT molecular complexity index is 1810. The number of hydrogen-bond acceptors (Lipinski definition) is 10. The summed E-state index contributed by atoms with van der Waals surface area (Å²) in [6.07, 6.45) is 0.881. The quantitative estimate of drug-likeness (QED) is 0.282. The molecule has 2 aromatic carbocycles. The Hall–Kier alpha value is -4.66. The number of nitrogens with zero attached hydrogens (tertiary/aromatic N) is 4. The highest BCUT2D eigenvalue weighted by atomic mass is 32.1. The van der Waals surface area contributed by atoms with E-state index in [0.29, 0.717) is 42.6 Å². The second kappa shape index (κ2) is 16.4. The summed E-state index contributed by atoms with van der Waals surface area (Å²) < 4.78 is 5.89. The summed E-state index contributed by atoms with van der Waals surface area (Å²) in [6, 6.07) is 16.6. The van der Waals surface area contributed by atoms with Gasteiger partial charge in [0.2, 0.25) is 11.8 Å². The summed E-state index contributed by atoms with van der Waals surface area (Å²) in [6.45, 7) is 5.98. The van der Waals surface area contributed by atoms with Gasteiger partial charge in [-0.15, -0.1) is 22.7 Å². The fourth-order valence-electron chi connectivity index (χ4n) is 5.94. The lowest BCUT2D eigenvalue weighted by Crippen LogP contribution is -2.47. The van der Waals surface area contributed by atoms with Crippen molar-refractivity contribution in [2.45, 2.75) is 45.3 Å². The van der Waals surface area contributed by atoms with Crippen molar-refractivity contribution in [3.63, 3.8) is 0 Å². The van der Waals surface area contributed by atoms with Crippen molar-refractivity contribution in [2.24, 2.45) is 5.92 Å². The highest BCUT2D eigenvalue weighted by molar-refractivity contribution is 7.10. The van der Waals surface area contributed by atoms with Crippen LogP contribution in [0.15, 0.2) is 65.4 Å². The lowest BCUT2D eigenvalue weighted by Gasteiger charge is -2.27. The Labute approximate surface area is 299 Å². The standard InChI is InChI=1S/C36H41N7O5S2/c1-23(2)32-36-40-27(21-50-36)33(46)37-13-8-14-43(31(45)20-42-15-16-48-29-12-7-6-11-25(29)18-42)19-30(44)38-26(17-24-9-4-3-5-10-24)35-39-28(22-49-35)34(47)41-32/h3-7,9-12,21-23,26,32H,8,13-20H2,1-2H3,(H,37,46)(H,38,44)(H,41,47)/t26-,32-/m0/s1. The van der Waals surface area contributed by atoms with Gasteiger partial charge in [-0.25, -0.2) is 9.97 Å². The van der Waals surface area contributed by atoms with Gasteiger partial charge in [0.25, 0.3) is 11.8 Å². The number of para-hydroxylation sites is 1. The zero-order chi connectivity index (χ0) is 35.0. The van der Waals surface area contributed by atoms with E-state index in [-0.39, 0.29) is 67.1 Å². The van der Waals surface area contributed by atoms with Gasteiger partial charge in [-0.2, -0.15) is 0 Å². The van der Waals surface area contributed by atoms with Gasteiger partial charge in [0.05, 0.1) is 25.2 Å². The number of nitrogens with one attached hydrogen (secondary N) is 3. The minimum absolute atomic E-state index is 0.00144. The first kappa shape index (κ1) is 35.2. The van der Waals surface area contributed by atoms with Gasteiger partial charge in [0.1, 0.15) is 33.8 Å². The van der Waals surface area contributed by atoms with E-state index in [4.69, 9.17) is 4.74 Å². The van der Waals surface area contributed by atoms with Crippen LogP contribution in [0.25, 0.3) is 0 Å². The van der Waals surface area contributed by atoms with Crippen LogP contribution < -0.4 is 20.7 Å². The zero-order valence-corrected chi connectivity index (χ0v) is 29.7. The maximum Gasteiger partial charge on any atom is 0.271 e. The van der Waals surface area contributed by atoms with Crippen LogP contribution in [0, 0.1) is 5.92 Å². The SMILES string of the molecule is CC(C)[C@@H]1NC(=O)c2csc(n2)[C@H](Cc2ccccc2)NC(=O)CN(C(=O)CN2CCOc3ccccc3C2)CCCNC(=O)c2csc1n2. The molecule has 6 rings (SSSR count). The molecule has 14 heteroatoms. The molecule has 0 unspecified atom stereocenters. The monoisotopic (exact) mass is 715 g/mol. The average molecular weight is 716 g/mol. The van der Waals surface area contributed by atoms with E-state index in [2.05, 4.69) is 25.9 Å². The molecule has 4 heterocycles. The molecule has 262 valence electrons. The summed E-state index contributed by atoms with van der Waals surface area (Å²) in [7, 11) is 0. The summed E-state index contributed by atoms with van der Waals surface area (Å²) in [5.74, 6) is -0.447. The third-order valence-corrected chi connectivity index (χ3v) is 10.5. The van der Waals surface area contributed by atoms with Crippen molar-refractivity contribution >= 4 is 46.3 Å². The number of benzene rings is 2. The van der Waals surface area contributed by atoms with E-state index >= 15 is 0 Å². The zero-order valence-electron chi connectivity index (χ0n) is 28.1. The molecule has 2 aromatic heterocycles. The van der Waals surface area contributed by atoms with Crippen LogP contribution >= 0.6 is 22.7 Å². The molecule has 12 nitrogen and oxygen atoms in total. The first-order valence-electron chi connectivity index (χ1n) is 16.8. The Balaban J connectivity index is 1.26. The molecule has 4 aromatic rings. The van der Waals surface area contributed by atoms with Gasteiger partial charge in [0.15, 0.2) is 0 Å².